The van der Waals surface area contributed by atoms with Crippen LogP contribution in [0, 0.1) is 0 Å². The summed E-state index contributed by atoms with van der Waals surface area (Å²) in [6.07, 6.45) is 6.72. The zero-order chi connectivity index (χ0) is 16.3. The Morgan fingerprint density at radius 1 is 1.17 bits per heavy atom. The molecule has 4 heteroatoms. The molecule has 4 nitrogen and oxygen atoms in total. The fourth-order valence-corrected chi connectivity index (χ4v) is 2.71. The molecule has 0 saturated carbocycles. The highest BCUT2D eigenvalue weighted by Gasteiger charge is 2.10. The summed E-state index contributed by atoms with van der Waals surface area (Å²) in [7, 11) is 0. The molecule has 0 bridgehead atoms. The van der Waals surface area contributed by atoms with E-state index in [4.69, 9.17) is 9.47 Å². The number of nitrogens with one attached hydrogen (secondary N) is 1. The van der Waals surface area contributed by atoms with Crippen LogP contribution in [0.2, 0.25) is 0 Å². The van der Waals surface area contributed by atoms with Gasteiger partial charge >= 0.3 is 0 Å². The molecule has 1 heterocycles. The van der Waals surface area contributed by atoms with E-state index in [0.717, 1.165) is 43.2 Å². The average Bonchev–Trinajstić information content (AvgIpc) is 3.09. The molecule has 1 aliphatic rings. The van der Waals surface area contributed by atoms with Crippen molar-refractivity contribution in [1.82, 2.24) is 4.90 Å². The molecule has 0 radical (unpaired) electrons. The number of allylic oxidation sites excluding steroid dienone is 2. The maximum Gasteiger partial charge on any atom is 0.158 e. The van der Waals surface area contributed by atoms with Crippen molar-refractivity contribution >= 4 is 5.69 Å². The second kappa shape index (κ2) is 10.2. The Hall–Kier alpha value is -1.68. The summed E-state index contributed by atoms with van der Waals surface area (Å²) in [5.41, 5.74) is 1.05. The predicted molar refractivity (Wildman–Crippen MR) is 95.9 cm³/mol. The molecule has 2 rings (SSSR count). The van der Waals surface area contributed by atoms with E-state index in [2.05, 4.69) is 30.1 Å². The first kappa shape index (κ1) is 17.7. The smallest absolute Gasteiger partial charge is 0.158 e. The van der Waals surface area contributed by atoms with E-state index in [1.54, 1.807) is 0 Å². The molecule has 1 saturated heterocycles. The summed E-state index contributed by atoms with van der Waals surface area (Å²) in [5, 5.41) is 3.27. The van der Waals surface area contributed by atoms with Crippen LogP contribution in [0.25, 0.3) is 0 Å². The van der Waals surface area contributed by atoms with Gasteiger partial charge in [-0.25, -0.2) is 0 Å². The highest BCUT2D eigenvalue weighted by Crippen LogP contribution is 2.16. The second-order valence-electron chi connectivity index (χ2n) is 5.82. The summed E-state index contributed by atoms with van der Waals surface area (Å²) >= 11 is 0. The summed E-state index contributed by atoms with van der Waals surface area (Å²) in [4.78, 5) is 2.46. The Bertz CT molecular complexity index is 465. The van der Waals surface area contributed by atoms with E-state index < -0.39 is 0 Å². The van der Waals surface area contributed by atoms with Gasteiger partial charge in [-0.05, 0) is 62.7 Å². The van der Waals surface area contributed by atoms with Crippen LogP contribution in [-0.4, -0.2) is 37.9 Å². The predicted octanol–water partition coefficient (Wildman–Crippen LogP) is 4.25. The lowest BCUT2D eigenvalue weighted by atomic mass is 10.3. The molecule has 0 amide bonds. The summed E-state index contributed by atoms with van der Waals surface area (Å²) in [6.45, 7) is 8.95. The Kier molecular flexibility index (Phi) is 7.81. The second-order valence-corrected chi connectivity index (χ2v) is 5.82. The van der Waals surface area contributed by atoms with Crippen LogP contribution in [0.3, 0.4) is 0 Å². The van der Waals surface area contributed by atoms with Crippen LogP contribution >= 0.6 is 0 Å². The number of benzene rings is 1. The van der Waals surface area contributed by atoms with E-state index in [9.17, 15) is 0 Å². The number of rotatable bonds is 10. The summed E-state index contributed by atoms with van der Waals surface area (Å²) in [5.74, 6) is 1.97. The van der Waals surface area contributed by atoms with Gasteiger partial charge in [0.25, 0.3) is 0 Å². The topological polar surface area (TPSA) is 33.7 Å². The van der Waals surface area contributed by atoms with Crippen molar-refractivity contribution in [2.45, 2.75) is 39.5 Å². The average molecular weight is 318 g/mol. The number of hydrogen-bond acceptors (Lipinski definition) is 4. The fraction of sp³-hybridized carbons (Fsp3) is 0.579. The van der Waals surface area contributed by atoms with Crippen molar-refractivity contribution in [2.24, 2.45) is 0 Å². The molecule has 0 aliphatic carbocycles. The molecule has 1 fully saturated rings. The molecule has 1 aromatic rings. The van der Waals surface area contributed by atoms with Crippen LogP contribution in [0.1, 0.15) is 39.5 Å². The van der Waals surface area contributed by atoms with Gasteiger partial charge in [0.15, 0.2) is 6.73 Å². The standard InChI is InChI=1S/C19H30N2O2/c1-3-7-18(4-2)23-16-20-17-8-10-19(11-9-17)22-15-14-21-12-5-6-13-21/h7-11,20H,3-6,12-16H2,1-2H3/b18-7+. The number of likely N-dealkylation sites (tertiary alicyclic amines) is 1. The Morgan fingerprint density at radius 3 is 2.57 bits per heavy atom. The SMILES string of the molecule is CC/C=C(\CC)OCNc1ccc(OCCN2CCCC2)cc1. The normalized spacial score (nSPS) is 15.7. The molecular weight excluding hydrogens is 288 g/mol. The third kappa shape index (κ3) is 6.53. The number of anilines is 1. The molecule has 0 aromatic heterocycles. The minimum atomic E-state index is 0.495. The lowest BCUT2D eigenvalue weighted by Gasteiger charge is -2.15. The molecule has 1 N–H and O–H groups in total. The van der Waals surface area contributed by atoms with Crippen LogP contribution in [0.15, 0.2) is 36.1 Å². The van der Waals surface area contributed by atoms with Crippen molar-refractivity contribution in [3.63, 3.8) is 0 Å². The van der Waals surface area contributed by atoms with Gasteiger partial charge in [0.05, 0.1) is 5.76 Å². The zero-order valence-corrected chi connectivity index (χ0v) is 14.5. The van der Waals surface area contributed by atoms with E-state index in [-0.39, 0.29) is 0 Å². The molecular formula is C19H30N2O2. The van der Waals surface area contributed by atoms with Gasteiger partial charge in [0.2, 0.25) is 0 Å². The third-order valence-corrected chi connectivity index (χ3v) is 4.04. The van der Waals surface area contributed by atoms with Gasteiger partial charge in [0, 0.05) is 18.7 Å². The van der Waals surface area contributed by atoms with E-state index in [1.165, 1.54) is 25.9 Å². The molecule has 0 atom stereocenters. The van der Waals surface area contributed by atoms with Crippen LogP contribution in [0.5, 0.6) is 5.75 Å². The van der Waals surface area contributed by atoms with E-state index in [0.29, 0.717) is 6.73 Å². The Balaban J connectivity index is 1.66. The zero-order valence-electron chi connectivity index (χ0n) is 14.5. The summed E-state index contributed by atoms with van der Waals surface area (Å²) in [6, 6.07) is 8.08. The van der Waals surface area contributed by atoms with Crippen molar-refractivity contribution in [3.05, 3.63) is 36.1 Å². The lowest BCUT2D eigenvalue weighted by Crippen LogP contribution is -2.25. The van der Waals surface area contributed by atoms with Gasteiger partial charge < -0.3 is 14.8 Å². The van der Waals surface area contributed by atoms with Crippen LogP contribution in [-0.2, 0) is 4.74 Å². The third-order valence-electron chi connectivity index (χ3n) is 4.04. The van der Waals surface area contributed by atoms with Crippen molar-refractivity contribution in [1.29, 1.82) is 0 Å². The molecule has 0 spiro atoms. The largest absolute Gasteiger partial charge is 0.492 e. The number of nitrogens with zero attached hydrogens (tertiary/aromatic N) is 1. The lowest BCUT2D eigenvalue weighted by molar-refractivity contribution is 0.225. The first-order valence-electron chi connectivity index (χ1n) is 8.82. The molecule has 1 aromatic carbocycles. The Labute approximate surface area is 140 Å². The van der Waals surface area contributed by atoms with Gasteiger partial charge in [-0.2, -0.15) is 0 Å². The van der Waals surface area contributed by atoms with Gasteiger partial charge in [-0.1, -0.05) is 13.8 Å². The van der Waals surface area contributed by atoms with E-state index >= 15 is 0 Å². The first-order valence-corrected chi connectivity index (χ1v) is 8.82. The van der Waals surface area contributed by atoms with E-state index in [1.807, 2.05) is 24.3 Å². The quantitative estimate of drug-likeness (QED) is 0.516. The fourth-order valence-electron chi connectivity index (χ4n) is 2.71. The molecule has 23 heavy (non-hydrogen) atoms. The van der Waals surface area contributed by atoms with Crippen molar-refractivity contribution in [2.75, 3.05) is 38.3 Å². The molecule has 128 valence electrons. The van der Waals surface area contributed by atoms with Crippen molar-refractivity contribution in [3.8, 4) is 5.75 Å². The monoisotopic (exact) mass is 318 g/mol. The number of ether oxygens (including phenoxy) is 2. The maximum atomic E-state index is 5.81. The molecule has 1 aliphatic heterocycles. The summed E-state index contributed by atoms with van der Waals surface area (Å²) < 4.78 is 11.5. The molecule has 0 unspecified atom stereocenters. The Morgan fingerprint density at radius 2 is 1.91 bits per heavy atom. The minimum absolute atomic E-state index is 0.495. The van der Waals surface area contributed by atoms with Gasteiger partial charge in [-0.15, -0.1) is 0 Å². The van der Waals surface area contributed by atoms with Crippen LogP contribution in [0.4, 0.5) is 5.69 Å². The highest BCUT2D eigenvalue weighted by atomic mass is 16.5. The van der Waals surface area contributed by atoms with Gasteiger partial charge in [-0.3, -0.25) is 4.90 Å². The minimum Gasteiger partial charge on any atom is -0.492 e. The maximum absolute atomic E-state index is 5.81. The van der Waals surface area contributed by atoms with Crippen LogP contribution < -0.4 is 10.1 Å². The number of hydrogen-bond donors (Lipinski definition) is 1. The highest BCUT2D eigenvalue weighted by molar-refractivity contribution is 5.46. The first-order chi connectivity index (χ1) is 11.3. The van der Waals surface area contributed by atoms with Gasteiger partial charge in [0.1, 0.15) is 12.4 Å². The van der Waals surface area contributed by atoms with Crippen molar-refractivity contribution < 1.29 is 9.47 Å².